The van der Waals surface area contributed by atoms with E-state index in [1.165, 1.54) is 49.6 Å². The molecule has 0 atom stereocenters. The molecule has 9 nitrogen and oxygen atoms in total. The summed E-state index contributed by atoms with van der Waals surface area (Å²) in [4.78, 5) is 23.4. The van der Waals surface area contributed by atoms with E-state index in [0.29, 0.717) is 0 Å². The molecule has 12 heteroatoms. The Morgan fingerprint density at radius 2 is 1.68 bits per heavy atom. The molecule has 1 N–H and O–H groups in total. The Hall–Kier alpha value is -3.34. The number of nitro benzene ring substituents is 1. The zero-order valence-electron chi connectivity index (χ0n) is 18.0. The Morgan fingerprint density at radius 3 is 2.24 bits per heavy atom. The minimum Gasteiger partial charge on any atom is -0.495 e. The Labute approximate surface area is 206 Å². The molecule has 0 saturated carbocycles. The number of hydrogen-bond acceptors (Lipinski definition) is 6. The fourth-order valence-electron chi connectivity index (χ4n) is 3.06. The minimum absolute atomic E-state index is 0.0125. The van der Waals surface area contributed by atoms with Crippen LogP contribution in [0.4, 0.5) is 17.1 Å². The van der Waals surface area contributed by atoms with Gasteiger partial charge in [0.05, 0.1) is 28.3 Å². The van der Waals surface area contributed by atoms with Crippen molar-refractivity contribution in [1.82, 2.24) is 0 Å². The molecule has 0 radical (unpaired) electrons. The molecule has 3 rings (SSSR count). The summed E-state index contributed by atoms with van der Waals surface area (Å²) in [5, 5.41) is 13.9. The second-order valence-corrected chi connectivity index (χ2v) is 9.88. The lowest BCUT2D eigenvalue weighted by molar-refractivity contribution is -0.384. The number of amides is 1. The fraction of sp³-hybridized carbons (Fsp3) is 0.136. The van der Waals surface area contributed by atoms with Crippen LogP contribution in [0.3, 0.4) is 0 Å². The monoisotopic (exact) mass is 523 g/mol. The molecule has 0 unspecified atom stereocenters. The number of aryl methyl sites for hydroxylation is 1. The summed E-state index contributed by atoms with van der Waals surface area (Å²) in [5.74, 6) is -0.608. The van der Waals surface area contributed by atoms with Gasteiger partial charge >= 0.3 is 0 Å². The van der Waals surface area contributed by atoms with Gasteiger partial charge in [-0.1, -0.05) is 40.9 Å². The summed E-state index contributed by atoms with van der Waals surface area (Å²) >= 11 is 12.2. The van der Waals surface area contributed by atoms with Crippen molar-refractivity contribution in [3.63, 3.8) is 0 Å². The molecular formula is C22H19Cl2N3O6S. The topological polar surface area (TPSA) is 119 Å². The van der Waals surface area contributed by atoms with Gasteiger partial charge in [-0.05, 0) is 43.3 Å². The molecule has 1 amide bonds. The summed E-state index contributed by atoms with van der Waals surface area (Å²) in [6.07, 6.45) is 0. The number of anilines is 2. The summed E-state index contributed by atoms with van der Waals surface area (Å²) < 4.78 is 32.9. The molecule has 178 valence electrons. The predicted octanol–water partition coefficient (Wildman–Crippen LogP) is 5.05. The number of non-ortho nitro benzene ring substituents is 1. The number of nitro groups is 1. The van der Waals surface area contributed by atoms with Crippen molar-refractivity contribution in [2.45, 2.75) is 11.8 Å². The Morgan fingerprint density at radius 1 is 1.06 bits per heavy atom. The normalized spacial score (nSPS) is 11.1. The standard InChI is InChI=1S/C22H19Cl2N3O6S/c1-14-3-6-19(7-4-14)34(31,32)26(18-10-15(23)9-16(24)11-18)13-22(28)25-20-12-17(27(29)30)5-8-21(20)33-2/h3-12H,13H2,1-2H3,(H,25,28). The first-order valence-corrected chi connectivity index (χ1v) is 11.9. The average molecular weight is 524 g/mol. The van der Waals surface area contributed by atoms with Crippen LogP contribution in [-0.2, 0) is 14.8 Å². The van der Waals surface area contributed by atoms with Crippen LogP contribution in [0.25, 0.3) is 0 Å². The molecule has 0 aliphatic heterocycles. The van der Waals surface area contributed by atoms with E-state index in [9.17, 15) is 23.3 Å². The number of ether oxygens (including phenoxy) is 1. The van der Waals surface area contributed by atoms with E-state index in [4.69, 9.17) is 27.9 Å². The van der Waals surface area contributed by atoms with Crippen molar-refractivity contribution in [2.24, 2.45) is 0 Å². The Kier molecular flexibility index (Phi) is 7.65. The lowest BCUT2D eigenvalue weighted by Gasteiger charge is -2.24. The number of nitrogens with one attached hydrogen (secondary N) is 1. The van der Waals surface area contributed by atoms with E-state index in [0.717, 1.165) is 15.9 Å². The van der Waals surface area contributed by atoms with Crippen molar-refractivity contribution in [3.05, 3.63) is 86.4 Å². The van der Waals surface area contributed by atoms with Gasteiger partial charge < -0.3 is 10.1 Å². The maximum absolute atomic E-state index is 13.5. The van der Waals surface area contributed by atoms with Crippen LogP contribution in [0.2, 0.25) is 10.0 Å². The molecule has 0 heterocycles. The molecule has 0 saturated heterocycles. The minimum atomic E-state index is -4.21. The lowest BCUT2D eigenvalue weighted by atomic mass is 10.2. The Bertz CT molecular complexity index is 1330. The largest absolute Gasteiger partial charge is 0.495 e. The number of nitrogens with zero attached hydrogens (tertiary/aromatic N) is 2. The summed E-state index contributed by atoms with van der Waals surface area (Å²) in [7, 11) is -2.88. The summed E-state index contributed by atoms with van der Waals surface area (Å²) in [6.45, 7) is 1.14. The first-order chi connectivity index (χ1) is 16.0. The highest BCUT2D eigenvalue weighted by Gasteiger charge is 2.28. The Balaban J connectivity index is 2.01. The number of carbonyl (C=O) groups is 1. The first-order valence-electron chi connectivity index (χ1n) is 9.69. The third-order valence-corrected chi connectivity index (χ3v) is 6.92. The summed E-state index contributed by atoms with van der Waals surface area (Å²) in [5.41, 5.74) is 0.659. The van der Waals surface area contributed by atoms with Crippen LogP contribution in [0.5, 0.6) is 5.75 Å². The molecule has 0 spiro atoms. The van der Waals surface area contributed by atoms with Crippen molar-refractivity contribution < 1.29 is 22.9 Å². The van der Waals surface area contributed by atoms with E-state index in [1.807, 2.05) is 6.92 Å². The number of sulfonamides is 1. The molecular weight excluding hydrogens is 505 g/mol. The van der Waals surface area contributed by atoms with E-state index >= 15 is 0 Å². The van der Waals surface area contributed by atoms with Crippen LogP contribution >= 0.6 is 23.2 Å². The van der Waals surface area contributed by atoms with Crippen molar-refractivity contribution in [3.8, 4) is 5.75 Å². The van der Waals surface area contributed by atoms with E-state index in [2.05, 4.69) is 5.32 Å². The SMILES string of the molecule is COc1ccc([N+](=O)[O-])cc1NC(=O)CN(c1cc(Cl)cc(Cl)c1)S(=O)(=O)c1ccc(C)cc1. The summed E-state index contributed by atoms with van der Waals surface area (Å²) in [6, 6.07) is 13.9. The number of methoxy groups -OCH3 is 1. The van der Waals surface area contributed by atoms with Gasteiger partial charge in [0.1, 0.15) is 12.3 Å². The van der Waals surface area contributed by atoms with E-state index in [-0.39, 0.29) is 37.8 Å². The quantitative estimate of drug-likeness (QED) is 0.325. The van der Waals surface area contributed by atoms with Gasteiger partial charge in [-0.15, -0.1) is 0 Å². The lowest BCUT2D eigenvalue weighted by Crippen LogP contribution is -2.38. The second kappa shape index (κ2) is 10.3. The highest BCUT2D eigenvalue weighted by Crippen LogP contribution is 2.31. The number of carbonyl (C=O) groups excluding carboxylic acids is 1. The van der Waals surface area contributed by atoms with Gasteiger partial charge in [0.25, 0.3) is 15.7 Å². The molecule has 3 aromatic rings. The zero-order chi connectivity index (χ0) is 25.0. The number of rotatable bonds is 8. The second-order valence-electron chi connectivity index (χ2n) is 7.14. The van der Waals surface area contributed by atoms with Crippen molar-refractivity contribution in [2.75, 3.05) is 23.3 Å². The molecule has 0 aliphatic rings. The third-order valence-electron chi connectivity index (χ3n) is 4.70. The highest BCUT2D eigenvalue weighted by molar-refractivity contribution is 7.92. The predicted molar refractivity (Wildman–Crippen MR) is 130 cm³/mol. The highest BCUT2D eigenvalue weighted by atomic mass is 35.5. The number of benzene rings is 3. The van der Waals surface area contributed by atoms with Crippen LogP contribution < -0.4 is 14.4 Å². The van der Waals surface area contributed by atoms with E-state index < -0.39 is 27.4 Å². The third kappa shape index (κ3) is 5.77. The van der Waals surface area contributed by atoms with Crippen LogP contribution in [-0.4, -0.2) is 32.9 Å². The molecule has 34 heavy (non-hydrogen) atoms. The van der Waals surface area contributed by atoms with Crippen molar-refractivity contribution >= 4 is 56.2 Å². The van der Waals surface area contributed by atoms with Gasteiger partial charge in [-0.3, -0.25) is 19.2 Å². The number of halogens is 2. The van der Waals surface area contributed by atoms with Gasteiger partial charge in [0, 0.05) is 22.2 Å². The molecule has 0 bridgehead atoms. The van der Waals surface area contributed by atoms with Gasteiger partial charge in [0.15, 0.2) is 0 Å². The maximum atomic E-state index is 13.5. The first kappa shape index (κ1) is 25.3. The van der Waals surface area contributed by atoms with Crippen molar-refractivity contribution in [1.29, 1.82) is 0 Å². The van der Waals surface area contributed by atoms with Gasteiger partial charge in [0.2, 0.25) is 5.91 Å². The van der Waals surface area contributed by atoms with Gasteiger partial charge in [-0.25, -0.2) is 8.42 Å². The van der Waals surface area contributed by atoms with Crippen LogP contribution in [0.15, 0.2) is 65.6 Å². The molecule has 0 fully saturated rings. The fourth-order valence-corrected chi connectivity index (χ4v) is 4.98. The van der Waals surface area contributed by atoms with Gasteiger partial charge in [-0.2, -0.15) is 0 Å². The smallest absolute Gasteiger partial charge is 0.271 e. The van der Waals surface area contributed by atoms with E-state index in [1.54, 1.807) is 12.1 Å². The maximum Gasteiger partial charge on any atom is 0.271 e. The zero-order valence-corrected chi connectivity index (χ0v) is 20.3. The molecule has 3 aromatic carbocycles. The number of hydrogen-bond donors (Lipinski definition) is 1. The van der Waals surface area contributed by atoms with Crippen LogP contribution in [0.1, 0.15) is 5.56 Å². The van der Waals surface area contributed by atoms with Crippen LogP contribution in [0, 0.1) is 17.0 Å². The molecule has 0 aromatic heterocycles. The average Bonchev–Trinajstić information content (AvgIpc) is 2.76. The molecule has 0 aliphatic carbocycles.